The number of hydrogen-bond acceptors (Lipinski definition) is 3. The van der Waals surface area contributed by atoms with E-state index in [1.807, 2.05) is 0 Å². The minimum absolute atomic E-state index is 1.18. The summed E-state index contributed by atoms with van der Waals surface area (Å²) in [4.78, 5) is 7.75. The summed E-state index contributed by atoms with van der Waals surface area (Å²) < 4.78 is 1.24. The fraction of sp³-hybridized carbons (Fsp3) is 0.571. The number of nitrogens with zero attached hydrogens (tertiary/aromatic N) is 4. The Morgan fingerprint density at radius 1 is 0.833 bits per heavy atom. The first-order valence-corrected chi connectivity index (χ1v) is 6.88. The molecule has 0 N–H and O–H groups in total. The summed E-state index contributed by atoms with van der Waals surface area (Å²) in [5, 5.41) is 0. The first-order valence-electron chi connectivity index (χ1n) is 6.88. The number of benzene rings is 1. The molecule has 4 nitrogen and oxygen atoms in total. The Bertz CT molecular complexity index is 395. The van der Waals surface area contributed by atoms with Crippen LogP contribution in [-0.4, -0.2) is 65.7 Å². The van der Waals surface area contributed by atoms with E-state index in [0.717, 1.165) is 0 Å². The molecule has 4 bridgehead atoms. The van der Waals surface area contributed by atoms with E-state index in [2.05, 4.69) is 45.0 Å². The molecule has 0 amide bonds. The molecular formula is C14H21N4+. The second-order valence-corrected chi connectivity index (χ2v) is 6.16. The molecule has 0 atom stereocenters. The van der Waals surface area contributed by atoms with Crippen LogP contribution in [0, 0.1) is 0 Å². The highest BCUT2D eigenvalue weighted by Crippen LogP contribution is 2.28. The molecule has 4 saturated heterocycles. The van der Waals surface area contributed by atoms with Gasteiger partial charge in [-0.15, -0.1) is 0 Å². The lowest BCUT2D eigenvalue weighted by molar-refractivity contribution is -0.980. The van der Waals surface area contributed by atoms with Crippen LogP contribution < -0.4 is 0 Å². The van der Waals surface area contributed by atoms with E-state index < -0.39 is 0 Å². The van der Waals surface area contributed by atoms with Crippen LogP contribution in [0.15, 0.2) is 30.3 Å². The minimum atomic E-state index is 1.18. The SMILES string of the molecule is c1ccc(CC[N+]23CN4CN(CN(C4)C2)C3)cc1. The molecule has 5 rings (SSSR count). The Kier molecular flexibility index (Phi) is 2.45. The van der Waals surface area contributed by atoms with Crippen LogP contribution in [0.5, 0.6) is 0 Å². The molecule has 4 aliphatic rings. The molecule has 0 spiro atoms. The van der Waals surface area contributed by atoms with Gasteiger partial charge in [0.2, 0.25) is 0 Å². The third-order valence-corrected chi connectivity index (χ3v) is 4.42. The zero-order valence-corrected chi connectivity index (χ0v) is 10.8. The highest BCUT2D eigenvalue weighted by molar-refractivity contribution is 5.14. The molecule has 4 heteroatoms. The van der Waals surface area contributed by atoms with Crippen molar-refractivity contribution in [3.8, 4) is 0 Å². The average molecular weight is 245 g/mol. The molecular weight excluding hydrogens is 224 g/mol. The summed E-state index contributed by atoms with van der Waals surface area (Å²) in [6.07, 6.45) is 1.20. The zero-order valence-electron chi connectivity index (χ0n) is 10.8. The van der Waals surface area contributed by atoms with Crippen molar-refractivity contribution in [1.29, 1.82) is 0 Å². The van der Waals surface area contributed by atoms with Crippen LogP contribution in [-0.2, 0) is 6.42 Å². The monoisotopic (exact) mass is 245 g/mol. The molecule has 0 radical (unpaired) electrons. The molecule has 0 saturated carbocycles. The van der Waals surface area contributed by atoms with Crippen molar-refractivity contribution in [2.75, 3.05) is 46.6 Å². The van der Waals surface area contributed by atoms with Gasteiger partial charge >= 0.3 is 0 Å². The summed E-state index contributed by atoms with van der Waals surface area (Å²) in [6.45, 7) is 8.57. The van der Waals surface area contributed by atoms with Gasteiger partial charge in [-0.2, -0.15) is 0 Å². The molecule has 1 aromatic rings. The predicted octanol–water partition coefficient (Wildman–Crippen LogP) is 0.738. The molecule has 1 aromatic carbocycles. The summed E-state index contributed by atoms with van der Waals surface area (Å²) in [6, 6.07) is 10.9. The third-order valence-electron chi connectivity index (χ3n) is 4.42. The van der Waals surface area contributed by atoms with Crippen molar-refractivity contribution in [2.24, 2.45) is 0 Å². The minimum Gasteiger partial charge on any atom is -0.286 e. The van der Waals surface area contributed by atoms with E-state index in [0.29, 0.717) is 0 Å². The standard InChI is InChI=1S/C14H21N4/c1-2-4-14(5-3-1)6-7-18-11-15-8-16(12-18)10-17(9-15)13-18/h1-5H,6-13H2/q+1. The van der Waals surface area contributed by atoms with E-state index in [4.69, 9.17) is 0 Å². The van der Waals surface area contributed by atoms with Crippen LogP contribution in [0.25, 0.3) is 0 Å². The van der Waals surface area contributed by atoms with Gasteiger partial charge in [0, 0.05) is 6.42 Å². The maximum absolute atomic E-state index is 2.58. The van der Waals surface area contributed by atoms with Gasteiger partial charge in [-0.1, -0.05) is 30.3 Å². The van der Waals surface area contributed by atoms with Crippen LogP contribution in [0.2, 0.25) is 0 Å². The first kappa shape index (κ1) is 10.9. The predicted molar refractivity (Wildman–Crippen MR) is 70.0 cm³/mol. The molecule has 96 valence electrons. The molecule has 0 unspecified atom stereocenters. The van der Waals surface area contributed by atoms with Gasteiger partial charge in [0.05, 0.1) is 26.6 Å². The van der Waals surface area contributed by atoms with E-state index in [9.17, 15) is 0 Å². The fourth-order valence-electron chi connectivity index (χ4n) is 3.88. The summed E-state index contributed by atoms with van der Waals surface area (Å²) in [5.74, 6) is 0. The molecule has 0 aromatic heterocycles. The van der Waals surface area contributed by atoms with Crippen molar-refractivity contribution < 1.29 is 4.48 Å². The topological polar surface area (TPSA) is 9.72 Å². The lowest BCUT2D eigenvalue weighted by Gasteiger charge is -2.60. The Morgan fingerprint density at radius 3 is 1.94 bits per heavy atom. The van der Waals surface area contributed by atoms with Gasteiger partial charge < -0.3 is 0 Å². The quantitative estimate of drug-likeness (QED) is 0.727. The lowest BCUT2D eigenvalue weighted by Crippen LogP contribution is -2.79. The Morgan fingerprint density at radius 2 is 1.39 bits per heavy atom. The summed E-state index contributed by atoms with van der Waals surface area (Å²) in [7, 11) is 0. The smallest absolute Gasteiger partial charge is 0.139 e. The number of hydrogen-bond donors (Lipinski definition) is 0. The van der Waals surface area contributed by atoms with Gasteiger partial charge in [0.1, 0.15) is 20.0 Å². The highest BCUT2D eigenvalue weighted by Gasteiger charge is 2.47. The van der Waals surface area contributed by atoms with Crippen molar-refractivity contribution >= 4 is 0 Å². The molecule has 4 aliphatic heterocycles. The Hall–Kier alpha value is -0.940. The van der Waals surface area contributed by atoms with Gasteiger partial charge in [0.25, 0.3) is 0 Å². The van der Waals surface area contributed by atoms with Crippen molar-refractivity contribution in [2.45, 2.75) is 6.42 Å². The maximum atomic E-state index is 2.58. The van der Waals surface area contributed by atoms with E-state index in [1.54, 1.807) is 0 Å². The van der Waals surface area contributed by atoms with Crippen LogP contribution in [0.1, 0.15) is 5.56 Å². The Labute approximate surface area is 109 Å². The third kappa shape index (κ3) is 1.86. The molecule has 0 aliphatic carbocycles. The van der Waals surface area contributed by atoms with Crippen molar-refractivity contribution in [1.82, 2.24) is 14.7 Å². The molecule has 4 heterocycles. The first-order chi connectivity index (χ1) is 8.81. The molecule has 4 fully saturated rings. The summed E-state index contributed by atoms with van der Waals surface area (Å²) >= 11 is 0. The maximum Gasteiger partial charge on any atom is 0.139 e. The number of rotatable bonds is 3. The Balaban J connectivity index is 1.48. The van der Waals surface area contributed by atoms with E-state index >= 15 is 0 Å². The van der Waals surface area contributed by atoms with Crippen molar-refractivity contribution in [3.63, 3.8) is 0 Å². The van der Waals surface area contributed by atoms with Crippen LogP contribution in [0.4, 0.5) is 0 Å². The van der Waals surface area contributed by atoms with E-state index in [1.165, 1.54) is 63.0 Å². The van der Waals surface area contributed by atoms with Crippen molar-refractivity contribution in [3.05, 3.63) is 35.9 Å². The van der Waals surface area contributed by atoms with E-state index in [-0.39, 0.29) is 0 Å². The normalized spacial score (nSPS) is 41.2. The number of quaternary nitrogens is 1. The highest BCUT2D eigenvalue weighted by atomic mass is 15.7. The second kappa shape index (κ2) is 4.03. The summed E-state index contributed by atoms with van der Waals surface area (Å²) in [5.41, 5.74) is 1.48. The average Bonchev–Trinajstić information content (AvgIpc) is 2.36. The van der Waals surface area contributed by atoms with Gasteiger partial charge in [0.15, 0.2) is 0 Å². The van der Waals surface area contributed by atoms with Crippen LogP contribution >= 0.6 is 0 Å². The second-order valence-electron chi connectivity index (χ2n) is 6.16. The van der Waals surface area contributed by atoms with Gasteiger partial charge in [-0.05, 0) is 5.56 Å². The molecule has 18 heavy (non-hydrogen) atoms. The van der Waals surface area contributed by atoms with Crippen LogP contribution in [0.3, 0.4) is 0 Å². The zero-order chi connectivity index (χ0) is 12.0. The largest absolute Gasteiger partial charge is 0.286 e. The van der Waals surface area contributed by atoms with Gasteiger partial charge in [-0.3, -0.25) is 4.48 Å². The fourth-order valence-corrected chi connectivity index (χ4v) is 3.88. The lowest BCUT2D eigenvalue weighted by atomic mass is 10.1. The van der Waals surface area contributed by atoms with Gasteiger partial charge in [-0.25, -0.2) is 14.7 Å².